The number of amides is 3. The number of carboxylic acid groups (broad SMARTS) is 1. The van der Waals surface area contributed by atoms with Crippen LogP contribution >= 0.6 is 0 Å². The minimum atomic E-state index is -1.10. The third-order valence-electron chi connectivity index (χ3n) is 7.22. The number of aryl methyl sites for hydroxylation is 1. The van der Waals surface area contributed by atoms with Crippen molar-refractivity contribution < 1.29 is 34.1 Å². The molecule has 4 N–H and O–H groups in total. The largest absolute Gasteiger partial charge is 0.465 e. The normalized spacial score (nSPS) is 17.5. The minimum Gasteiger partial charge on any atom is -0.465 e. The van der Waals surface area contributed by atoms with Crippen LogP contribution in [0.1, 0.15) is 29.0 Å². The van der Waals surface area contributed by atoms with Gasteiger partial charge in [0.15, 0.2) is 0 Å². The van der Waals surface area contributed by atoms with Gasteiger partial charge in [-0.2, -0.15) is 0 Å². The van der Waals surface area contributed by atoms with Gasteiger partial charge >= 0.3 is 12.2 Å². The number of nitrogens with zero attached hydrogens (tertiary/aromatic N) is 1. The van der Waals surface area contributed by atoms with Gasteiger partial charge in [-0.25, -0.2) is 9.59 Å². The molecule has 41 heavy (non-hydrogen) atoms. The van der Waals surface area contributed by atoms with E-state index in [9.17, 15) is 24.6 Å². The van der Waals surface area contributed by atoms with Crippen LogP contribution in [0.4, 0.5) is 15.3 Å². The van der Waals surface area contributed by atoms with Gasteiger partial charge in [0.1, 0.15) is 6.04 Å². The molecule has 3 atom stereocenters. The molecule has 10 heteroatoms. The van der Waals surface area contributed by atoms with E-state index in [4.69, 9.17) is 9.47 Å². The Balaban J connectivity index is 1.55. The summed E-state index contributed by atoms with van der Waals surface area (Å²) < 4.78 is 10.7. The van der Waals surface area contributed by atoms with Crippen LogP contribution in [0.2, 0.25) is 0 Å². The van der Waals surface area contributed by atoms with Crippen LogP contribution in [0.15, 0.2) is 84.9 Å². The minimum absolute atomic E-state index is 0.118. The molecule has 0 aliphatic carbocycles. The molecule has 1 fully saturated rings. The fourth-order valence-corrected chi connectivity index (χ4v) is 5.09. The molecular weight excluding hydrogens is 526 g/mol. The topological polar surface area (TPSA) is 137 Å². The Morgan fingerprint density at radius 2 is 1.59 bits per heavy atom. The van der Waals surface area contributed by atoms with Gasteiger partial charge in [0.25, 0.3) is 0 Å². The summed E-state index contributed by atoms with van der Waals surface area (Å²) in [7, 11) is 1.25. The van der Waals surface area contributed by atoms with Gasteiger partial charge in [-0.1, -0.05) is 78.9 Å². The molecule has 0 unspecified atom stereocenters. The van der Waals surface area contributed by atoms with Crippen LogP contribution in [0.25, 0.3) is 0 Å². The van der Waals surface area contributed by atoms with E-state index in [0.717, 1.165) is 16.7 Å². The Morgan fingerprint density at radius 1 is 0.976 bits per heavy atom. The zero-order chi connectivity index (χ0) is 29.2. The van der Waals surface area contributed by atoms with Gasteiger partial charge < -0.3 is 30.3 Å². The van der Waals surface area contributed by atoms with E-state index in [-0.39, 0.29) is 25.9 Å². The smallest absolute Gasteiger partial charge is 0.407 e. The van der Waals surface area contributed by atoms with E-state index in [0.29, 0.717) is 18.5 Å². The molecule has 216 valence electrons. The number of rotatable bonds is 10. The lowest BCUT2D eigenvalue weighted by Gasteiger charge is -2.37. The highest BCUT2D eigenvalue weighted by atomic mass is 16.5. The number of benzene rings is 3. The molecule has 3 aromatic rings. The van der Waals surface area contributed by atoms with Crippen molar-refractivity contribution in [3.8, 4) is 0 Å². The molecule has 1 aliphatic heterocycles. The third-order valence-corrected chi connectivity index (χ3v) is 7.22. The molecule has 1 saturated heterocycles. The Hall–Kier alpha value is -4.41. The predicted molar refractivity (Wildman–Crippen MR) is 153 cm³/mol. The maximum atomic E-state index is 13.9. The van der Waals surface area contributed by atoms with Crippen molar-refractivity contribution in [1.29, 1.82) is 0 Å². The molecular formula is C31H35N3O7. The molecule has 3 amide bonds. The number of alkyl carbamates (subject to hydrolysis) is 1. The van der Waals surface area contributed by atoms with E-state index in [1.165, 1.54) is 12.0 Å². The summed E-state index contributed by atoms with van der Waals surface area (Å²) >= 11 is 0. The highest BCUT2D eigenvalue weighted by molar-refractivity contribution is 5.98. The average molecular weight is 562 g/mol. The van der Waals surface area contributed by atoms with Gasteiger partial charge in [-0.3, -0.25) is 9.69 Å². The molecule has 3 aromatic carbocycles. The second-order valence-electron chi connectivity index (χ2n) is 9.82. The van der Waals surface area contributed by atoms with Gasteiger partial charge in [-0.05, 0) is 35.6 Å². The van der Waals surface area contributed by atoms with Crippen LogP contribution in [-0.4, -0.2) is 78.3 Å². The number of carbonyl (C=O) groups is 3. The summed E-state index contributed by atoms with van der Waals surface area (Å²) in [6.45, 7) is -0.0370. The lowest BCUT2D eigenvalue weighted by molar-refractivity contribution is -0.118. The standard InChI is InChI=1S/C31H35N3O7/c1-40-30(37)33-28(27(22-11-4-2-5-12-22)23-13-6-3-7-14-23)29(36)32-26-15-9-8-10-21(26)16-17-25-18-34(31(38)39)24(19-35)20-41-25/h2-15,24-25,27-28,35H,16-20H2,1H3,(H,32,36)(H,33,37)(H,38,39)/t24-,25-,28+/m1/s1. The van der Waals surface area contributed by atoms with Gasteiger partial charge in [0, 0.05) is 11.6 Å². The van der Waals surface area contributed by atoms with Crippen molar-refractivity contribution in [1.82, 2.24) is 10.2 Å². The summed E-state index contributed by atoms with van der Waals surface area (Å²) in [5.74, 6) is -0.918. The average Bonchev–Trinajstić information content (AvgIpc) is 3.01. The molecule has 4 rings (SSSR count). The number of hydrogen-bond donors (Lipinski definition) is 4. The molecule has 10 nitrogen and oxygen atoms in total. The van der Waals surface area contributed by atoms with E-state index in [2.05, 4.69) is 10.6 Å². The van der Waals surface area contributed by atoms with Crippen LogP contribution in [0.5, 0.6) is 0 Å². The zero-order valence-corrected chi connectivity index (χ0v) is 22.8. The van der Waals surface area contributed by atoms with Gasteiger partial charge in [0.2, 0.25) is 5.91 Å². The molecule has 0 bridgehead atoms. The SMILES string of the molecule is COC(=O)N[C@H](C(=O)Nc1ccccc1CC[C@@H]1CN(C(=O)O)[C@H](CO)CO1)C(c1ccccc1)c1ccccc1. The van der Waals surface area contributed by atoms with Crippen molar-refractivity contribution in [2.75, 3.05) is 32.2 Å². The predicted octanol–water partition coefficient (Wildman–Crippen LogP) is 3.85. The second kappa shape index (κ2) is 14.3. The van der Waals surface area contributed by atoms with Crippen LogP contribution in [-0.2, 0) is 20.7 Å². The van der Waals surface area contributed by atoms with Crippen molar-refractivity contribution in [3.63, 3.8) is 0 Å². The summed E-state index contributed by atoms with van der Waals surface area (Å²) in [6.07, 6.45) is -1.16. The first-order valence-electron chi connectivity index (χ1n) is 13.5. The first-order chi connectivity index (χ1) is 19.9. The van der Waals surface area contributed by atoms with Gasteiger partial charge in [-0.15, -0.1) is 0 Å². The summed E-state index contributed by atoms with van der Waals surface area (Å²) in [4.78, 5) is 39.1. The van der Waals surface area contributed by atoms with Gasteiger partial charge in [0.05, 0.1) is 39.0 Å². The number of hydrogen-bond acceptors (Lipinski definition) is 6. The third kappa shape index (κ3) is 7.62. The number of nitrogens with one attached hydrogen (secondary N) is 2. The van der Waals surface area contributed by atoms with E-state index in [1.54, 1.807) is 6.07 Å². The molecule has 1 aliphatic rings. The fourth-order valence-electron chi connectivity index (χ4n) is 5.09. The molecule has 0 saturated carbocycles. The number of carbonyl (C=O) groups excluding carboxylic acids is 2. The van der Waals surface area contributed by atoms with Crippen molar-refractivity contribution >= 4 is 23.8 Å². The van der Waals surface area contributed by atoms with Crippen LogP contribution in [0, 0.1) is 0 Å². The lowest BCUT2D eigenvalue weighted by Crippen LogP contribution is -2.53. The summed E-state index contributed by atoms with van der Waals surface area (Å²) in [5.41, 5.74) is 3.11. The monoisotopic (exact) mass is 561 g/mol. The second-order valence-corrected chi connectivity index (χ2v) is 9.82. The molecule has 0 radical (unpaired) electrons. The van der Waals surface area contributed by atoms with E-state index in [1.807, 2.05) is 78.9 Å². The quantitative estimate of drug-likeness (QED) is 0.295. The Bertz CT molecular complexity index is 1270. The first-order valence-corrected chi connectivity index (χ1v) is 13.5. The maximum Gasteiger partial charge on any atom is 0.407 e. The number of aliphatic hydroxyl groups is 1. The number of para-hydroxylation sites is 1. The maximum absolute atomic E-state index is 13.9. The molecule has 0 aromatic heterocycles. The highest BCUT2D eigenvalue weighted by Crippen LogP contribution is 2.30. The van der Waals surface area contributed by atoms with Crippen LogP contribution in [0.3, 0.4) is 0 Å². The van der Waals surface area contributed by atoms with E-state index >= 15 is 0 Å². The number of morpholine rings is 1. The number of ether oxygens (including phenoxy) is 2. The van der Waals surface area contributed by atoms with Crippen LogP contribution < -0.4 is 10.6 Å². The first kappa shape index (κ1) is 29.6. The summed E-state index contributed by atoms with van der Waals surface area (Å²) in [5, 5.41) is 24.7. The fraction of sp³-hybridized carbons (Fsp3) is 0.323. The Kier molecular flexibility index (Phi) is 10.3. The lowest BCUT2D eigenvalue weighted by atomic mass is 9.84. The number of methoxy groups -OCH3 is 1. The number of anilines is 1. The zero-order valence-electron chi connectivity index (χ0n) is 22.8. The highest BCUT2D eigenvalue weighted by Gasteiger charge is 2.34. The van der Waals surface area contributed by atoms with Crippen molar-refractivity contribution in [2.24, 2.45) is 0 Å². The van der Waals surface area contributed by atoms with E-state index < -0.39 is 36.1 Å². The molecule has 1 heterocycles. The van der Waals surface area contributed by atoms with Crippen molar-refractivity contribution in [3.05, 3.63) is 102 Å². The van der Waals surface area contributed by atoms with Crippen molar-refractivity contribution in [2.45, 2.75) is 36.9 Å². The summed E-state index contributed by atoms with van der Waals surface area (Å²) in [6, 6.07) is 24.7. The molecule has 0 spiro atoms. The number of aliphatic hydroxyl groups excluding tert-OH is 1. The Labute approximate surface area is 238 Å². The Morgan fingerprint density at radius 3 is 2.17 bits per heavy atom.